The van der Waals surface area contributed by atoms with Crippen molar-refractivity contribution in [2.45, 2.75) is 52.7 Å². The van der Waals surface area contributed by atoms with Crippen LogP contribution in [-0.4, -0.2) is 38.2 Å². The number of halogens is 1. The Morgan fingerprint density at radius 2 is 2.06 bits per heavy atom. The third-order valence-corrected chi connectivity index (χ3v) is 6.35. The summed E-state index contributed by atoms with van der Waals surface area (Å²) in [5.74, 6) is 0.207. The van der Waals surface area contributed by atoms with Gasteiger partial charge in [0.1, 0.15) is 0 Å². The number of carbonyl (C=O) groups excluding carboxylic acids is 1. The summed E-state index contributed by atoms with van der Waals surface area (Å²) in [6, 6.07) is 4.92. The third-order valence-electron chi connectivity index (χ3n) is 6.35. The molecule has 0 spiro atoms. The Bertz CT molecular complexity index is 1260. The van der Waals surface area contributed by atoms with E-state index >= 15 is 0 Å². The lowest BCUT2D eigenvalue weighted by molar-refractivity contribution is -0.118. The van der Waals surface area contributed by atoms with Crippen LogP contribution in [0, 0.1) is 17.2 Å². The van der Waals surface area contributed by atoms with Gasteiger partial charge < -0.3 is 19.9 Å². The number of rotatable bonds is 6. The largest absolute Gasteiger partial charge is 0.453 e. The minimum Gasteiger partial charge on any atom is -0.453 e. The van der Waals surface area contributed by atoms with Crippen molar-refractivity contribution < 1.29 is 23.8 Å². The number of ether oxygens (including phenoxy) is 2. The highest BCUT2D eigenvalue weighted by molar-refractivity contribution is 6.02. The zero-order chi connectivity index (χ0) is 23.5. The molecule has 1 aliphatic heterocycles. The van der Waals surface area contributed by atoms with Crippen molar-refractivity contribution >= 4 is 22.8 Å². The molecule has 3 heterocycles. The van der Waals surface area contributed by atoms with Gasteiger partial charge in [-0.2, -0.15) is 5.10 Å². The first-order valence-corrected chi connectivity index (χ1v) is 11.0. The van der Waals surface area contributed by atoms with E-state index in [0.717, 1.165) is 6.42 Å². The Morgan fingerprint density at radius 1 is 1.30 bits per heavy atom. The molecule has 0 bridgehead atoms. The van der Waals surface area contributed by atoms with E-state index in [2.05, 4.69) is 29.2 Å². The van der Waals surface area contributed by atoms with Crippen molar-refractivity contribution in [3.8, 4) is 22.6 Å². The van der Waals surface area contributed by atoms with Gasteiger partial charge in [0, 0.05) is 24.2 Å². The lowest BCUT2D eigenvalue weighted by Gasteiger charge is -2.16. The SMILES string of the molecule is CC(C)(O)CCn1nc(NC(=O)C2CC2(C)C)c2cc(-c3cc(F)c4c(c3)OCO4)cnc21. The van der Waals surface area contributed by atoms with Crippen molar-refractivity contribution in [3.63, 3.8) is 0 Å². The summed E-state index contributed by atoms with van der Waals surface area (Å²) in [7, 11) is 0. The fourth-order valence-electron chi connectivity index (χ4n) is 4.10. The van der Waals surface area contributed by atoms with Gasteiger partial charge in [-0.25, -0.2) is 14.1 Å². The molecule has 0 radical (unpaired) electrons. The number of pyridine rings is 1. The lowest BCUT2D eigenvalue weighted by atomic mass is 10.1. The van der Waals surface area contributed by atoms with Crippen LogP contribution in [0.2, 0.25) is 0 Å². The van der Waals surface area contributed by atoms with Gasteiger partial charge in [-0.15, -0.1) is 0 Å². The lowest BCUT2D eigenvalue weighted by Crippen LogP contribution is -2.21. The molecule has 1 unspecified atom stereocenters. The van der Waals surface area contributed by atoms with Gasteiger partial charge in [0.25, 0.3) is 0 Å². The molecule has 0 saturated heterocycles. The highest BCUT2D eigenvalue weighted by Gasteiger charge is 2.50. The molecule has 2 aromatic heterocycles. The fraction of sp³-hybridized carbons (Fsp3) is 0.458. The number of anilines is 1. The van der Waals surface area contributed by atoms with Crippen LogP contribution in [-0.2, 0) is 11.3 Å². The molecule has 33 heavy (non-hydrogen) atoms. The van der Waals surface area contributed by atoms with E-state index < -0.39 is 11.4 Å². The van der Waals surface area contributed by atoms with Crippen LogP contribution >= 0.6 is 0 Å². The predicted molar refractivity (Wildman–Crippen MR) is 120 cm³/mol. The maximum atomic E-state index is 14.5. The van der Waals surface area contributed by atoms with Gasteiger partial charge in [-0.05, 0) is 55.9 Å². The number of hydrogen-bond acceptors (Lipinski definition) is 6. The Balaban J connectivity index is 1.54. The van der Waals surface area contributed by atoms with Crippen LogP contribution < -0.4 is 14.8 Å². The summed E-state index contributed by atoms with van der Waals surface area (Å²) in [5, 5.41) is 18.3. The van der Waals surface area contributed by atoms with Crippen LogP contribution in [0.3, 0.4) is 0 Å². The number of aryl methyl sites for hydroxylation is 1. The third kappa shape index (κ3) is 4.13. The number of benzene rings is 1. The van der Waals surface area contributed by atoms with Crippen molar-refractivity contribution in [2.75, 3.05) is 12.1 Å². The molecule has 174 valence electrons. The van der Waals surface area contributed by atoms with E-state index in [4.69, 9.17) is 9.47 Å². The average molecular weight is 455 g/mol. The molecule has 1 atom stereocenters. The number of carbonyl (C=O) groups is 1. The topological polar surface area (TPSA) is 98.5 Å². The smallest absolute Gasteiger partial charge is 0.231 e. The Labute approximate surface area is 190 Å². The predicted octanol–water partition coefficient (Wildman–Crippen LogP) is 4.11. The number of nitrogens with one attached hydrogen (secondary N) is 1. The van der Waals surface area contributed by atoms with Gasteiger partial charge >= 0.3 is 0 Å². The van der Waals surface area contributed by atoms with Crippen molar-refractivity contribution in [1.82, 2.24) is 14.8 Å². The second kappa shape index (κ2) is 7.41. The number of fused-ring (bicyclic) bond motifs is 2. The van der Waals surface area contributed by atoms with E-state index in [-0.39, 0.29) is 29.8 Å². The molecule has 3 aromatic rings. The van der Waals surface area contributed by atoms with Crippen LogP contribution in [0.25, 0.3) is 22.2 Å². The summed E-state index contributed by atoms with van der Waals surface area (Å²) in [4.78, 5) is 17.4. The zero-order valence-electron chi connectivity index (χ0n) is 19.1. The fourth-order valence-corrected chi connectivity index (χ4v) is 4.10. The summed E-state index contributed by atoms with van der Waals surface area (Å²) >= 11 is 0. The van der Waals surface area contributed by atoms with Crippen LogP contribution in [0.1, 0.15) is 40.5 Å². The number of aromatic nitrogens is 3. The van der Waals surface area contributed by atoms with Crippen molar-refractivity contribution in [1.29, 1.82) is 0 Å². The monoisotopic (exact) mass is 454 g/mol. The van der Waals surface area contributed by atoms with E-state index in [0.29, 0.717) is 46.7 Å². The number of nitrogens with zero attached hydrogens (tertiary/aromatic N) is 3. The number of amides is 1. The molecular formula is C24H27FN4O4. The summed E-state index contributed by atoms with van der Waals surface area (Å²) in [6.07, 6.45) is 2.93. The first kappa shape index (κ1) is 21.6. The first-order valence-electron chi connectivity index (χ1n) is 11.0. The molecule has 5 rings (SSSR count). The normalized spacial score (nSPS) is 18.5. The molecule has 1 amide bonds. The highest BCUT2D eigenvalue weighted by Crippen LogP contribution is 2.52. The highest BCUT2D eigenvalue weighted by atomic mass is 19.1. The minimum atomic E-state index is -0.871. The van der Waals surface area contributed by atoms with Gasteiger partial charge in [-0.1, -0.05) is 13.8 Å². The van der Waals surface area contributed by atoms with Crippen LogP contribution in [0.5, 0.6) is 11.5 Å². The molecule has 1 saturated carbocycles. The summed E-state index contributed by atoms with van der Waals surface area (Å²) in [5.41, 5.74) is 0.926. The quantitative estimate of drug-likeness (QED) is 0.582. The molecular weight excluding hydrogens is 427 g/mol. The van der Waals surface area contributed by atoms with E-state index in [1.54, 1.807) is 30.8 Å². The van der Waals surface area contributed by atoms with Crippen molar-refractivity contribution in [2.24, 2.45) is 11.3 Å². The molecule has 1 aromatic carbocycles. The summed E-state index contributed by atoms with van der Waals surface area (Å²) in [6.45, 7) is 7.99. The number of hydrogen-bond donors (Lipinski definition) is 2. The average Bonchev–Trinajstić information content (AvgIpc) is 3.06. The number of aliphatic hydroxyl groups is 1. The van der Waals surface area contributed by atoms with Crippen LogP contribution in [0.4, 0.5) is 10.2 Å². The van der Waals surface area contributed by atoms with Gasteiger partial charge in [-0.3, -0.25) is 4.79 Å². The van der Waals surface area contributed by atoms with E-state index in [1.165, 1.54) is 6.07 Å². The Kier molecular flexibility index (Phi) is 4.86. The first-order chi connectivity index (χ1) is 15.5. The van der Waals surface area contributed by atoms with E-state index in [1.807, 2.05) is 6.07 Å². The van der Waals surface area contributed by atoms with Gasteiger partial charge in [0.2, 0.25) is 18.4 Å². The van der Waals surface area contributed by atoms with Crippen molar-refractivity contribution in [3.05, 3.63) is 30.2 Å². The van der Waals surface area contributed by atoms with Gasteiger partial charge in [0.15, 0.2) is 23.0 Å². The molecule has 2 N–H and O–H groups in total. The molecule has 8 nitrogen and oxygen atoms in total. The molecule has 9 heteroatoms. The second-order valence-corrected chi connectivity index (χ2v) is 10.2. The Hall–Kier alpha value is -3.20. The zero-order valence-corrected chi connectivity index (χ0v) is 19.1. The van der Waals surface area contributed by atoms with E-state index in [9.17, 15) is 14.3 Å². The maximum absolute atomic E-state index is 14.5. The van der Waals surface area contributed by atoms with Crippen LogP contribution in [0.15, 0.2) is 24.4 Å². The second-order valence-electron chi connectivity index (χ2n) is 10.2. The maximum Gasteiger partial charge on any atom is 0.231 e. The minimum absolute atomic E-state index is 0.0171. The molecule has 2 aliphatic rings. The molecule has 1 fully saturated rings. The standard InChI is InChI=1S/C24H27FN4O4/c1-23(2)10-16(23)22(30)27-20-15-7-14(13-8-17(25)19-18(9-13)32-12-33-19)11-26-21(15)29(28-20)6-5-24(3,4)31/h7-9,11,16,31H,5-6,10,12H2,1-4H3,(H,27,28,30). The summed E-state index contributed by atoms with van der Waals surface area (Å²) < 4.78 is 26.7. The molecule has 1 aliphatic carbocycles. The van der Waals surface area contributed by atoms with Gasteiger partial charge in [0.05, 0.1) is 11.0 Å². The Morgan fingerprint density at radius 3 is 2.76 bits per heavy atom.